The molecule has 2 amide bonds. The summed E-state index contributed by atoms with van der Waals surface area (Å²) in [5.41, 5.74) is 2.59. The van der Waals surface area contributed by atoms with Crippen LogP contribution in [0.2, 0.25) is 0 Å². The molecular weight excluding hydrogens is 430 g/mol. The van der Waals surface area contributed by atoms with E-state index in [1.165, 1.54) is 0 Å². The number of nitrogens with zero attached hydrogens (tertiary/aromatic N) is 4. The topological polar surface area (TPSA) is 92.5 Å². The smallest absolute Gasteiger partial charge is 0.323 e. The summed E-state index contributed by atoms with van der Waals surface area (Å²) < 4.78 is 8.05. The van der Waals surface area contributed by atoms with Crippen LogP contribution in [-0.4, -0.2) is 61.5 Å². The standard InChI is InChI=1S/C26H33N5O3/c1-17-14-30(15-18(2)34-17)25(32)29-24-12-19(6-11-28-24)22-16-31(23-13-27-10-7-21(22)23)20-4-8-26(3,33)9-5-20/h6-7,10-13,16-18,20,33H,4-5,8-9,14-15H2,1-3H3,(H,28,29,32)/t17-,18+,20?,26?. The number of urea groups is 1. The van der Waals surface area contributed by atoms with Gasteiger partial charge in [-0.05, 0) is 70.2 Å². The molecule has 0 aromatic carbocycles. The van der Waals surface area contributed by atoms with Crippen molar-refractivity contribution in [3.05, 3.63) is 43.0 Å². The van der Waals surface area contributed by atoms with Crippen molar-refractivity contribution >= 4 is 22.8 Å². The monoisotopic (exact) mass is 463 g/mol. The first kappa shape index (κ1) is 22.8. The molecule has 2 atom stereocenters. The van der Waals surface area contributed by atoms with Crippen LogP contribution in [0.3, 0.4) is 0 Å². The minimum atomic E-state index is -0.575. The number of carbonyl (C=O) groups excluding carboxylic acids is 1. The number of morpholine rings is 1. The molecule has 4 heterocycles. The lowest BCUT2D eigenvalue weighted by atomic mass is 9.83. The van der Waals surface area contributed by atoms with E-state index in [0.717, 1.165) is 47.7 Å². The van der Waals surface area contributed by atoms with Crippen LogP contribution >= 0.6 is 0 Å². The minimum Gasteiger partial charge on any atom is -0.390 e. The molecule has 1 saturated carbocycles. The molecule has 0 spiro atoms. The molecule has 3 aromatic rings. The SMILES string of the molecule is C[C@@H]1CN(C(=O)Nc2cc(-c3cn(C4CCC(C)(O)CC4)c4cnccc34)ccn2)C[C@H](C)O1. The Kier molecular flexibility index (Phi) is 6.04. The van der Waals surface area contributed by atoms with Crippen LogP contribution in [0.1, 0.15) is 52.5 Å². The molecule has 8 heteroatoms. The van der Waals surface area contributed by atoms with E-state index in [0.29, 0.717) is 24.9 Å². The third kappa shape index (κ3) is 4.65. The van der Waals surface area contributed by atoms with Crippen LogP contribution in [0.15, 0.2) is 43.0 Å². The van der Waals surface area contributed by atoms with Gasteiger partial charge in [0.1, 0.15) is 5.82 Å². The van der Waals surface area contributed by atoms with Gasteiger partial charge in [0.2, 0.25) is 0 Å². The zero-order chi connectivity index (χ0) is 23.9. The molecule has 1 saturated heterocycles. The van der Waals surface area contributed by atoms with Crippen LogP contribution in [0, 0.1) is 0 Å². The number of rotatable bonds is 3. The highest BCUT2D eigenvalue weighted by Crippen LogP contribution is 2.39. The highest BCUT2D eigenvalue weighted by molar-refractivity contribution is 5.97. The molecule has 5 rings (SSSR count). The summed E-state index contributed by atoms with van der Waals surface area (Å²) in [5.74, 6) is 0.526. The Balaban J connectivity index is 1.41. The van der Waals surface area contributed by atoms with E-state index in [-0.39, 0.29) is 18.2 Å². The Labute approximate surface area is 200 Å². The molecule has 3 aromatic heterocycles. The Morgan fingerprint density at radius 3 is 2.65 bits per heavy atom. The maximum atomic E-state index is 12.9. The molecule has 34 heavy (non-hydrogen) atoms. The van der Waals surface area contributed by atoms with Gasteiger partial charge in [-0.15, -0.1) is 0 Å². The molecule has 2 fully saturated rings. The van der Waals surface area contributed by atoms with Gasteiger partial charge in [0, 0.05) is 48.7 Å². The average molecular weight is 464 g/mol. The highest BCUT2D eigenvalue weighted by Gasteiger charge is 2.30. The molecule has 2 N–H and O–H groups in total. The van der Waals surface area contributed by atoms with Crippen molar-refractivity contribution in [3.8, 4) is 11.1 Å². The van der Waals surface area contributed by atoms with Crippen LogP contribution in [0.4, 0.5) is 10.6 Å². The molecule has 2 aliphatic rings. The highest BCUT2D eigenvalue weighted by atomic mass is 16.5. The Morgan fingerprint density at radius 1 is 1.18 bits per heavy atom. The van der Waals surface area contributed by atoms with E-state index in [9.17, 15) is 9.90 Å². The van der Waals surface area contributed by atoms with Gasteiger partial charge >= 0.3 is 6.03 Å². The first-order chi connectivity index (χ1) is 16.3. The number of amides is 2. The number of aliphatic hydroxyl groups is 1. The van der Waals surface area contributed by atoms with Crippen molar-refractivity contribution in [1.29, 1.82) is 0 Å². The van der Waals surface area contributed by atoms with E-state index in [2.05, 4.69) is 26.0 Å². The number of hydrogen-bond acceptors (Lipinski definition) is 5. The van der Waals surface area contributed by atoms with Gasteiger partial charge in [-0.25, -0.2) is 9.78 Å². The number of aromatic nitrogens is 3. The summed E-state index contributed by atoms with van der Waals surface area (Å²) in [6.07, 6.45) is 11.1. The molecule has 0 bridgehead atoms. The van der Waals surface area contributed by atoms with Crippen molar-refractivity contribution in [1.82, 2.24) is 19.4 Å². The Bertz CT molecular complexity index is 1170. The molecule has 180 valence electrons. The summed E-state index contributed by atoms with van der Waals surface area (Å²) in [6, 6.07) is 6.10. The van der Waals surface area contributed by atoms with E-state index < -0.39 is 5.60 Å². The second-order valence-electron chi connectivity index (χ2n) is 10.1. The Hall–Kier alpha value is -2.97. The fourth-order valence-electron chi connectivity index (χ4n) is 5.33. The third-order valence-corrected chi connectivity index (χ3v) is 7.08. The van der Waals surface area contributed by atoms with Crippen LogP contribution in [0.5, 0.6) is 0 Å². The van der Waals surface area contributed by atoms with E-state index in [4.69, 9.17) is 4.74 Å². The number of carbonyl (C=O) groups is 1. The number of anilines is 1. The maximum Gasteiger partial charge on any atom is 0.323 e. The van der Waals surface area contributed by atoms with Crippen LogP contribution in [-0.2, 0) is 4.74 Å². The van der Waals surface area contributed by atoms with Gasteiger partial charge in [0.25, 0.3) is 0 Å². The summed E-state index contributed by atoms with van der Waals surface area (Å²) in [7, 11) is 0. The van der Waals surface area contributed by atoms with Crippen molar-refractivity contribution < 1.29 is 14.6 Å². The number of ether oxygens (including phenoxy) is 1. The largest absolute Gasteiger partial charge is 0.390 e. The predicted molar refractivity (Wildman–Crippen MR) is 132 cm³/mol. The van der Waals surface area contributed by atoms with E-state index in [1.807, 2.05) is 51.4 Å². The van der Waals surface area contributed by atoms with Gasteiger partial charge in [-0.2, -0.15) is 0 Å². The molecule has 0 radical (unpaired) electrons. The Morgan fingerprint density at radius 2 is 1.91 bits per heavy atom. The van der Waals surface area contributed by atoms with Gasteiger partial charge in [-0.1, -0.05) is 0 Å². The van der Waals surface area contributed by atoms with Crippen LogP contribution < -0.4 is 5.32 Å². The number of hydrogen-bond donors (Lipinski definition) is 2. The fourth-order valence-corrected chi connectivity index (χ4v) is 5.33. The zero-order valence-electron chi connectivity index (χ0n) is 20.1. The lowest BCUT2D eigenvalue weighted by Crippen LogP contribution is -2.49. The van der Waals surface area contributed by atoms with E-state index in [1.54, 1.807) is 11.1 Å². The second-order valence-corrected chi connectivity index (χ2v) is 10.1. The molecule has 0 unspecified atom stereocenters. The van der Waals surface area contributed by atoms with Gasteiger partial charge < -0.3 is 19.3 Å². The first-order valence-electron chi connectivity index (χ1n) is 12.1. The summed E-state index contributed by atoms with van der Waals surface area (Å²) in [4.78, 5) is 23.4. The number of fused-ring (bicyclic) bond motifs is 1. The quantitative estimate of drug-likeness (QED) is 0.592. The molecule has 1 aliphatic heterocycles. The fraction of sp³-hybridized carbons (Fsp3) is 0.500. The summed E-state index contributed by atoms with van der Waals surface area (Å²) >= 11 is 0. The second kappa shape index (κ2) is 9.00. The van der Waals surface area contributed by atoms with Crippen molar-refractivity contribution in [2.24, 2.45) is 0 Å². The number of nitrogens with one attached hydrogen (secondary N) is 1. The maximum absolute atomic E-state index is 12.9. The van der Waals surface area contributed by atoms with Crippen molar-refractivity contribution in [2.75, 3.05) is 18.4 Å². The van der Waals surface area contributed by atoms with Gasteiger partial charge in [0.15, 0.2) is 0 Å². The van der Waals surface area contributed by atoms with Crippen molar-refractivity contribution in [2.45, 2.75) is 70.3 Å². The normalized spacial score (nSPS) is 27.6. The van der Waals surface area contributed by atoms with Crippen molar-refractivity contribution in [3.63, 3.8) is 0 Å². The van der Waals surface area contributed by atoms with Crippen LogP contribution in [0.25, 0.3) is 22.0 Å². The first-order valence-corrected chi connectivity index (χ1v) is 12.1. The lowest BCUT2D eigenvalue weighted by molar-refractivity contribution is -0.0530. The predicted octanol–water partition coefficient (Wildman–Crippen LogP) is 4.61. The summed E-state index contributed by atoms with van der Waals surface area (Å²) in [6.45, 7) is 7.00. The molecule has 8 nitrogen and oxygen atoms in total. The van der Waals surface area contributed by atoms with E-state index >= 15 is 0 Å². The summed E-state index contributed by atoms with van der Waals surface area (Å²) in [5, 5.41) is 14.5. The lowest BCUT2D eigenvalue weighted by Gasteiger charge is -2.35. The minimum absolute atomic E-state index is 0.0111. The zero-order valence-corrected chi connectivity index (χ0v) is 20.1. The third-order valence-electron chi connectivity index (χ3n) is 7.08. The average Bonchev–Trinajstić information content (AvgIpc) is 3.18. The van der Waals surface area contributed by atoms with Gasteiger partial charge in [-0.3, -0.25) is 10.3 Å². The number of pyridine rings is 2. The molecule has 1 aliphatic carbocycles. The van der Waals surface area contributed by atoms with Gasteiger partial charge in [0.05, 0.1) is 29.5 Å². The molecular formula is C26H33N5O3.